The Bertz CT molecular complexity index is 967. The van der Waals surface area contributed by atoms with E-state index in [-0.39, 0.29) is 12.2 Å². The minimum absolute atomic E-state index is 0.187. The van der Waals surface area contributed by atoms with Gasteiger partial charge >= 0.3 is 0 Å². The maximum Gasteiger partial charge on any atom is 0.228 e. The molecule has 0 unspecified atom stereocenters. The second-order valence-electron chi connectivity index (χ2n) is 6.04. The average Bonchev–Trinajstić information content (AvgIpc) is 3.34. The van der Waals surface area contributed by atoms with Gasteiger partial charge in [-0.3, -0.25) is 10.4 Å². The van der Waals surface area contributed by atoms with Gasteiger partial charge in [-0.2, -0.15) is 4.98 Å². The van der Waals surface area contributed by atoms with E-state index in [1.165, 1.54) is 6.08 Å². The number of nitrogens with zero attached hydrogens (tertiary/aromatic N) is 6. The number of halogens is 1. The zero-order valence-electron chi connectivity index (χ0n) is 13.7. The van der Waals surface area contributed by atoms with E-state index in [2.05, 4.69) is 25.6 Å². The molecule has 9 nitrogen and oxygen atoms in total. The molecule has 0 bridgehead atoms. The number of allylic oxidation sites excluding steroid dienone is 5. The lowest BCUT2D eigenvalue weighted by molar-refractivity contribution is 0.378. The fourth-order valence-corrected chi connectivity index (χ4v) is 3.28. The molecule has 0 saturated carbocycles. The Hall–Kier alpha value is -3.27. The fourth-order valence-electron chi connectivity index (χ4n) is 3.28. The molecular formula is C16H15FN8O. The van der Waals surface area contributed by atoms with Gasteiger partial charge in [-0.25, -0.2) is 14.4 Å². The lowest BCUT2D eigenvalue weighted by Gasteiger charge is -2.24. The standard InChI is InChI=1S/C16H15FN8O/c17-9-1-2-11-10(5-9)16-19-7-21-25(16)6-12-14(20-8-24(11)12)15-22-13(3-4-18)26-23-15/h1-2,6-7H,3-5,8,18H2,(H,19,21). The number of nitrogens with one attached hydrogen (secondary N) is 1. The molecule has 132 valence electrons. The highest BCUT2D eigenvalue weighted by molar-refractivity contribution is 6.11. The number of aliphatic imine (C=N–C) groups is 2. The summed E-state index contributed by atoms with van der Waals surface area (Å²) < 4.78 is 19.1. The van der Waals surface area contributed by atoms with Crippen molar-refractivity contribution in [2.75, 3.05) is 13.2 Å². The first-order chi connectivity index (χ1) is 12.7. The molecule has 0 saturated heterocycles. The van der Waals surface area contributed by atoms with Gasteiger partial charge in [0, 0.05) is 25.0 Å². The lowest BCUT2D eigenvalue weighted by Crippen LogP contribution is -2.27. The highest BCUT2D eigenvalue weighted by atomic mass is 19.1. The molecule has 0 amide bonds. The van der Waals surface area contributed by atoms with Crippen LogP contribution in [-0.2, 0) is 6.42 Å². The van der Waals surface area contributed by atoms with E-state index < -0.39 is 0 Å². The van der Waals surface area contributed by atoms with Crippen LogP contribution in [0.3, 0.4) is 0 Å². The van der Waals surface area contributed by atoms with Gasteiger partial charge in [0.2, 0.25) is 11.7 Å². The number of hydrogen-bond donors (Lipinski definition) is 2. The molecular weight excluding hydrogens is 339 g/mol. The van der Waals surface area contributed by atoms with Crippen LogP contribution in [-0.4, -0.2) is 45.3 Å². The maximum atomic E-state index is 13.9. The summed E-state index contributed by atoms with van der Waals surface area (Å²) in [5, 5.41) is 5.77. The van der Waals surface area contributed by atoms with Crippen LogP contribution in [0.1, 0.15) is 18.1 Å². The molecule has 0 spiro atoms. The van der Waals surface area contributed by atoms with Crippen molar-refractivity contribution in [3.63, 3.8) is 0 Å². The number of aromatic nitrogens is 2. The van der Waals surface area contributed by atoms with E-state index in [0.29, 0.717) is 42.9 Å². The quantitative estimate of drug-likeness (QED) is 0.822. The van der Waals surface area contributed by atoms with Crippen molar-refractivity contribution >= 4 is 12.1 Å². The zero-order valence-corrected chi connectivity index (χ0v) is 13.7. The van der Waals surface area contributed by atoms with Crippen LogP contribution in [0.15, 0.2) is 61.5 Å². The second kappa shape index (κ2) is 5.63. The molecule has 26 heavy (non-hydrogen) atoms. The summed E-state index contributed by atoms with van der Waals surface area (Å²) in [4.78, 5) is 15.3. The van der Waals surface area contributed by atoms with Crippen molar-refractivity contribution in [1.82, 2.24) is 25.5 Å². The number of rotatable bonds is 3. The van der Waals surface area contributed by atoms with Gasteiger partial charge in [0.1, 0.15) is 24.5 Å². The zero-order chi connectivity index (χ0) is 17.7. The number of hydrogen-bond acceptors (Lipinski definition) is 9. The fraction of sp³-hybridized carbons (Fsp3) is 0.250. The Morgan fingerprint density at radius 3 is 3.12 bits per heavy atom. The molecule has 4 heterocycles. The first-order valence-electron chi connectivity index (χ1n) is 8.19. The third-order valence-corrected chi connectivity index (χ3v) is 4.44. The van der Waals surface area contributed by atoms with Crippen molar-refractivity contribution in [3.8, 4) is 0 Å². The highest BCUT2D eigenvalue weighted by Gasteiger charge is 2.36. The normalized spacial score (nSPS) is 20.7. The number of nitrogens with two attached hydrogens (primary N) is 1. The van der Waals surface area contributed by atoms with Gasteiger partial charge in [-0.05, 0) is 12.2 Å². The van der Waals surface area contributed by atoms with Crippen LogP contribution >= 0.6 is 0 Å². The molecule has 10 heteroatoms. The molecule has 4 aliphatic rings. The summed E-state index contributed by atoms with van der Waals surface area (Å²) in [7, 11) is 0. The predicted molar refractivity (Wildman–Crippen MR) is 90.8 cm³/mol. The summed E-state index contributed by atoms with van der Waals surface area (Å²) in [5.41, 5.74) is 11.6. The van der Waals surface area contributed by atoms with E-state index >= 15 is 0 Å². The Balaban J connectivity index is 1.58. The van der Waals surface area contributed by atoms with Gasteiger partial charge in [-0.15, -0.1) is 0 Å². The minimum atomic E-state index is -0.202. The third kappa shape index (κ3) is 2.19. The predicted octanol–water partition coefficient (Wildman–Crippen LogP) is 0.689. The van der Waals surface area contributed by atoms with Crippen molar-refractivity contribution in [3.05, 3.63) is 58.7 Å². The van der Waals surface area contributed by atoms with E-state index in [1.807, 2.05) is 11.1 Å². The Morgan fingerprint density at radius 1 is 1.31 bits per heavy atom. The molecule has 0 atom stereocenters. The summed E-state index contributed by atoms with van der Waals surface area (Å²) in [6, 6.07) is 0. The first kappa shape index (κ1) is 15.0. The molecule has 0 radical (unpaired) electrons. The molecule has 3 N–H and O–H groups in total. The summed E-state index contributed by atoms with van der Waals surface area (Å²) in [6.45, 7) is 0.816. The minimum Gasteiger partial charge on any atom is -0.339 e. The van der Waals surface area contributed by atoms with Crippen molar-refractivity contribution in [1.29, 1.82) is 0 Å². The van der Waals surface area contributed by atoms with Gasteiger partial charge in [0.25, 0.3) is 0 Å². The van der Waals surface area contributed by atoms with Gasteiger partial charge < -0.3 is 15.2 Å². The second-order valence-corrected chi connectivity index (χ2v) is 6.04. The van der Waals surface area contributed by atoms with E-state index in [4.69, 9.17) is 10.3 Å². The summed E-state index contributed by atoms with van der Waals surface area (Å²) in [5.74, 6) is 1.34. The Kier molecular flexibility index (Phi) is 3.25. The van der Waals surface area contributed by atoms with Crippen LogP contribution in [0, 0.1) is 0 Å². The SMILES string of the molecule is NCCc1nc(C2=NCN3C2=CN2NC=NC2=C2CC(F)=CC=C23)no1. The van der Waals surface area contributed by atoms with E-state index in [9.17, 15) is 4.39 Å². The molecule has 1 aliphatic carbocycles. The van der Waals surface area contributed by atoms with Crippen molar-refractivity contribution in [2.24, 2.45) is 15.7 Å². The molecule has 0 fully saturated rings. The van der Waals surface area contributed by atoms with Gasteiger partial charge in [0.05, 0.1) is 17.6 Å². The Morgan fingerprint density at radius 2 is 2.23 bits per heavy atom. The monoisotopic (exact) mass is 354 g/mol. The van der Waals surface area contributed by atoms with Crippen LogP contribution < -0.4 is 11.2 Å². The molecule has 5 rings (SSSR count). The lowest BCUT2D eigenvalue weighted by atomic mass is 10.0. The van der Waals surface area contributed by atoms with Crippen LogP contribution in [0.25, 0.3) is 0 Å². The van der Waals surface area contributed by atoms with Crippen LogP contribution in [0.5, 0.6) is 0 Å². The first-order valence-corrected chi connectivity index (χ1v) is 8.19. The van der Waals surface area contributed by atoms with Crippen LogP contribution in [0.4, 0.5) is 4.39 Å². The number of fused-ring (bicyclic) bond motifs is 4. The molecule has 1 aromatic heterocycles. The molecule has 1 aromatic rings. The summed E-state index contributed by atoms with van der Waals surface area (Å²) in [6.07, 6.45) is 7.35. The molecule has 0 aromatic carbocycles. The average molecular weight is 354 g/mol. The smallest absolute Gasteiger partial charge is 0.228 e. The molecule has 3 aliphatic heterocycles. The van der Waals surface area contributed by atoms with Gasteiger partial charge in [0.15, 0.2) is 5.82 Å². The van der Waals surface area contributed by atoms with Crippen LogP contribution in [0.2, 0.25) is 0 Å². The number of hydrazine groups is 1. The summed E-state index contributed by atoms with van der Waals surface area (Å²) >= 11 is 0. The van der Waals surface area contributed by atoms with Gasteiger partial charge in [-0.1, -0.05) is 5.16 Å². The maximum absolute atomic E-state index is 13.9. The Labute approximate surface area is 147 Å². The topological polar surface area (TPSA) is 108 Å². The van der Waals surface area contributed by atoms with E-state index in [0.717, 1.165) is 17.0 Å². The highest BCUT2D eigenvalue weighted by Crippen LogP contribution is 2.39. The van der Waals surface area contributed by atoms with Crippen molar-refractivity contribution in [2.45, 2.75) is 12.8 Å². The largest absolute Gasteiger partial charge is 0.339 e. The van der Waals surface area contributed by atoms with E-state index in [1.54, 1.807) is 17.4 Å². The third-order valence-electron chi connectivity index (χ3n) is 4.44. The van der Waals surface area contributed by atoms with Crippen molar-refractivity contribution < 1.29 is 8.91 Å².